The molecule has 114 valence electrons. The summed E-state index contributed by atoms with van der Waals surface area (Å²) in [6.07, 6.45) is 1.04. The average molecular weight is 296 g/mol. The van der Waals surface area contributed by atoms with Crippen molar-refractivity contribution in [2.45, 2.75) is 0 Å². The molecule has 1 aliphatic rings. The third kappa shape index (κ3) is 3.40. The lowest BCUT2D eigenvalue weighted by atomic mass is 10.2. The van der Waals surface area contributed by atoms with Crippen LogP contribution in [0.4, 0.5) is 0 Å². The predicted octanol–water partition coefficient (Wildman–Crippen LogP) is -0.0914. The number of piperazine rings is 1. The van der Waals surface area contributed by atoms with Gasteiger partial charge in [-0.1, -0.05) is 0 Å². The summed E-state index contributed by atoms with van der Waals surface area (Å²) in [7, 11) is 1.45. The number of nitrogens with zero attached hydrogens (tertiary/aromatic N) is 2. The molecule has 0 aromatic carbocycles. The first-order valence-electron chi connectivity index (χ1n) is 6.40. The molecule has 0 radical (unpaired) electrons. The van der Waals surface area contributed by atoms with Crippen LogP contribution in [-0.4, -0.2) is 72.6 Å². The van der Waals surface area contributed by atoms with E-state index >= 15 is 0 Å². The average Bonchev–Trinajstić information content (AvgIpc) is 2.97. The zero-order chi connectivity index (χ0) is 15.4. The molecule has 0 saturated carbocycles. The second-order valence-corrected chi connectivity index (χ2v) is 4.61. The Labute approximate surface area is 120 Å². The van der Waals surface area contributed by atoms with Crippen LogP contribution in [0.3, 0.4) is 0 Å². The quantitative estimate of drug-likeness (QED) is 0.833. The minimum atomic E-state index is -1.15. The Morgan fingerprint density at radius 3 is 2.38 bits per heavy atom. The van der Waals surface area contributed by atoms with Crippen molar-refractivity contribution in [3.8, 4) is 0 Å². The molecule has 8 nitrogen and oxygen atoms in total. The van der Waals surface area contributed by atoms with E-state index in [1.54, 1.807) is 4.90 Å². The van der Waals surface area contributed by atoms with E-state index in [0.29, 0.717) is 26.2 Å². The standard InChI is InChI=1S/C13H16N2O6/c1-20-8-11(16)14-2-4-15(5-3-14)12(17)10-6-9(7-21-10)13(18)19/h6-7H,2-5,8H2,1H3,(H,18,19). The number of ether oxygens (including phenoxy) is 1. The molecule has 0 spiro atoms. The first-order chi connectivity index (χ1) is 10.0. The number of hydrogen-bond acceptors (Lipinski definition) is 5. The van der Waals surface area contributed by atoms with Gasteiger partial charge < -0.3 is 24.1 Å². The first-order valence-corrected chi connectivity index (χ1v) is 6.40. The van der Waals surface area contributed by atoms with Crippen molar-refractivity contribution in [1.29, 1.82) is 0 Å². The second-order valence-electron chi connectivity index (χ2n) is 4.61. The van der Waals surface area contributed by atoms with Crippen molar-refractivity contribution in [3.63, 3.8) is 0 Å². The molecule has 2 amide bonds. The number of aromatic carboxylic acids is 1. The van der Waals surface area contributed by atoms with Crippen molar-refractivity contribution >= 4 is 17.8 Å². The van der Waals surface area contributed by atoms with Gasteiger partial charge in [0.25, 0.3) is 5.91 Å². The molecule has 8 heteroatoms. The Morgan fingerprint density at radius 2 is 1.86 bits per heavy atom. The fourth-order valence-electron chi connectivity index (χ4n) is 2.09. The molecule has 2 rings (SSSR count). The van der Waals surface area contributed by atoms with Crippen molar-refractivity contribution < 1.29 is 28.6 Å². The molecule has 2 heterocycles. The fourth-order valence-corrected chi connectivity index (χ4v) is 2.09. The maximum absolute atomic E-state index is 12.1. The molecule has 1 aliphatic heterocycles. The summed E-state index contributed by atoms with van der Waals surface area (Å²) in [6, 6.07) is 1.20. The zero-order valence-electron chi connectivity index (χ0n) is 11.6. The van der Waals surface area contributed by atoms with E-state index in [1.807, 2.05) is 0 Å². The Hall–Kier alpha value is -2.35. The molecule has 0 atom stereocenters. The largest absolute Gasteiger partial charge is 0.478 e. The van der Waals surface area contributed by atoms with Crippen molar-refractivity contribution in [2.75, 3.05) is 39.9 Å². The number of carboxylic acids is 1. The Morgan fingerprint density at radius 1 is 1.24 bits per heavy atom. The zero-order valence-corrected chi connectivity index (χ0v) is 11.6. The Balaban J connectivity index is 1.93. The summed E-state index contributed by atoms with van der Waals surface area (Å²) in [4.78, 5) is 37.7. The van der Waals surface area contributed by atoms with Crippen LogP contribution in [0.1, 0.15) is 20.9 Å². The highest BCUT2D eigenvalue weighted by Crippen LogP contribution is 2.13. The maximum Gasteiger partial charge on any atom is 0.338 e. The highest BCUT2D eigenvalue weighted by atomic mass is 16.5. The SMILES string of the molecule is COCC(=O)N1CCN(C(=O)c2cc(C(=O)O)co2)CC1. The van der Waals surface area contributed by atoms with Gasteiger partial charge in [0.2, 0.25) is 5.91 Å². The molecule has 1 fully saturated rings. The Bertz CT molecular complexity index is 545. The van der Waals surface area contributed by atoms with E-state index in [9.17, 15) is 14.4 Å². The normalized spacial score (nSPS) is 15.1. The van der Waals surface area contributed by atoms with E-state index in [2.05, 4.69) is 0 Å². The van der Waals surface area contributed by atoms with Gasteiger partial charge in [0, 0.05) is 39.4 Å². The molecule has 1 N–H and O–H groups in total. The molecule has 0 unspecified atom stereocenters. The topological polar surface area (TPSA) is 100 Å². The molecule has 0 bridgehead atoms. The predicted molar refractivity (Wildman–Crippen MR) is 70.0 cm³/mol. The third-order valence-corrected chi connectivity index (χ3v) is 3.24. The summed E-state index contributed by atoms with van der Waals surface area (Å²) >= 11 is 0. The summed E-state index contributed by atoms with van der Waals surface area (Å²) in [5, 5.41) is 8.80. The van der Waals surface area contributed by atoms with E-state index in [0.717, 1.165) is 6.26 Å². The van der Waals surface area contributed by atoms with Crippen LogP contribution >= 0.6 is 0 Å². The minimum absolute atomic E-state index is 0.0101. The highest BCUT2D eigenvalue weighted by molar-refractivity contribution is 5.95. The van der Waals surface area contributed by atoms with E-state index in [1.165, 1.54) is 18.1 Å². The van der Waals surface area contributed by atoms with Crippen molar-refractivity contribution in [2.24, 2.45) is 0 Å². The molecular formula is C13H16N2O6. The molecule has 1 aromatic rings. The summed E-state index contributed by atoms with van der Waals surface area (Å²) in [6.45, 7) is 1.60. The van der Waals surface area contributed by atoms with Gasteiger partial charge in [-0.2, -0.15) is 0 Å². The second kappa shape index (κ2) is 6.40. The number of furan rings is 1. The van der Waals surface area contributed by atoms with Gasteiger partial charge in [0.15, 0.2) is 5.76 Å². The van der Waals surface area contributed by atoms with Crippen LogP contribution in [0.15, 0.2) is 16.7 Å². The van der Waals surface area contributed by atoms with Gasteiger partial charge in [-0.25, -0.2) is 4.79 Å². The number of methoxy groups -OCH3 is 1. The third-order valence-electron chi connectivity index (χ3n) is 3.24. The van der Waals surface area contributed by atoms with E-state index < -0.39 is 5.97 Å². The minimum Gasteiger partial charge on any atom is -0.478 e. The number of amides is 2. The number of hydrogen-bond donors (Lipinski definition) is 1. The first kappa shape index (κ1) is 15.0. The molecule has 1 saturated heterocycles. The highest BCUT2D eigenvalue weighted by Gasteiger charge is 2.26. The molecule has 0 aliphatic carbocycles. The van der Waals surface area contributed by atoms with Gasteiger partial charge in [-0.15, -0.1) is 0 Å². The Kier molecular flexibility index (Phi) is 4.59. The monoisotopic (exact) mass is 296 g/mol. The summed E-state index contributed by atoms with van der Waals surface area (Å²) in [5.74, 6) is -1.64. The lowest BCUT2D eigenvalue weighted by Crippen LogP contribution is -2.51. The van der Waals surface area contributed by atoms with Gasteiger partial charge in [-0.05, 0) is 0 Å². The van der Waals surface area contributed by atoms with Gasteiger partial charge >= 0.3 is 5.97 Å². The molecule has 1 aromatic heterocycles. The van der Waals surface area contributed by atoms with Crippen LogP contribution in [0.2, 0.25) is 0 Å². The van der Waals surface area contributed by atoms with Crippen LogP contribution in [-0.2, 0) is 9.53 Å². The lowest BCUT2D eigenvalue weighted by molar-refractivity contribution is -0.136. The van der Waals surface area contributed by atoms with Crippen molar-refractivity contribution in [1.82, 2.24) is 9.80 Å². The molecule has 21 heavy (non-hydrogen) atoms. The molecular weight excluding hydrogens is 280 g/mol. The van der Waals surface area contributed by atoms with Crippen molar-refractivity contribution in [3.05, 3.63) is 23.7 Å². The van der Waals surface area contributed by atoms with Gasteiger partial charge in [0.05, 0.1) is 5.56 Å². The summed E-state index contributed by atoms with van der Waals surface area (Å²) in [5.41, 5.74) is -0.0627. The van der Waals surface area contributed by atoms with Gasteiger partial charge in [0.1, 0.15) is 12.9 Å². The number of carbonyl (C=O) groups is 3. The van der Waals surface area contributed by atoms with Crippen LogP contribution in [0.25, 0.3) is 0 Å². The smallest absolute Gasteiger partial charge is 0.338 e. The van der Waals surface area contributed by atoms with E-state index in [-0.39, 0.29) is 29.7 Å². The van der Waals surface area contributed by atoms with Crippen LogP contribution in [0, 0.1) is 0 Å². The maximum atomic E-state index is 12.1. The van der Waals surface area contributed by atoms with E-state index in [4.69, 9.17) is 14.3 Å². The lowest BCUT2D eigenvalue weighted by Gasteiger charge is -2.34. The number of rotatable bonds is 4. The van der Waals surface area contributed by atoms with Crippen LogP contribution < -0.4 is 0 Å². The number of carbonyl (C=O) groups excluding carboxylic acids is 2. The van der Waals surface area contributed by atoms with Gasteiger partial charge in [-0.3, -0.25) is 9.59 Å². The fraction of sp³-hybridized carbons (Fsp3) is 0.462. The van der Waals surface area contributed by atoms with Crippen LogP contribution in [0.5, 0.6) is 0 Å². The summed E-state index contributed by atoms with van der Waals surface area (Å²) < 4.78 is 9.76. The number of carboxylic acid groups (broad SMARTS) is 1.